The van der Waals surface area contributed by atoms with E-state index in [9.17, 15) is 43.2 Å². The lowest BCUT2D eigenvalue weighted by atomic mass is 9.99. The highest BCUT2D eigenvalue weighted by Crippen LogP contribution is 2.45. The van der Waals surface area contributed by atoms with Crippen LogP contribution in [0, 0.1) is 17.8 Å². The minimum Gasteiger partial charge on any atom is -0.462 e. The molecule has 0 aromatic rings. The van der Waals surface area contributed by atoms with Crippen LogP contribution in [0.1, 0.15) is 376 Å². The van der Waals surface area contributed by atoms with Crippen LogP contribution >= 0.6 is 15.6 Å². The van der Waals surface area contributed by atoms with Gasteiger partial charge in [0.2, 0.25) is 0 Å². The molecule has 0 aliphatic rings. The van der Waals surface area contributed by atoms with Crippen molar-refractivity contribution in [2.45, 2.75) is 394 Å². The maximum Gasteiger partial charge on any atom is 0.472 e. The van der Waals surface area contributed by atoms with Crippen LogP contribution in [-0.4, -0.2) is 96.7 Å². The van der Waals surface area contributed by atoms with Gasteiger partial charge in [0.1, 0.15) is 19.3 Å². The average molecular weight is 1370 g/mol. The van der Waals surface area contributed by atoms with Crippen molar-refractivity contribution in [2.24, 2.45) is 17.8 Å². The fraction of sp³-hybridized carbons (Fsp3) is 0.946. The summed E-state index contributed by atoms with van der Waals surface area (Å²) in [7, 11) is -9.91. The van der Waals surface area contributed by atoms with Crippen molar-refractivity contribution in [3.63, 3.8) is 0 Å². The molecule has 0 bridgehead atoms. The molecule has 0 aromatic carbocycles. The van der Waals surface area contributed by atoms with E-state index in [0.29, 0.717) is 31.6 Å². The molecule has 0 fully saturated rings. The molecule has 0 heterocycles. The van der Waals surface area contributed by atoms with E-state index in [1.807, 2.05) is 0 Å². The standard InChI is InChI=1S/C74H144O17P2/c1-8-11-12-13-14-15-16-17-18-19-20-21-22-23-24-25-26-27-34-43-50-57-73(78)90-69(61-84-71(76)55-48-41-33-29-28-32-39-46-53-66(6)9-2)63-88-92(80,81)86-59-68(75)60-87-93(82,83)89-64-70(91-74(79)58-51-44-35-30-31-38-45-52-65(4)5)62-85-72(77)56-49-42-37-36-40-47-54-67(7)10-3/h65-70,75H,8-64H2,1-7H3,(H,80,81)(H,82,83)/t66?,67?,68-,69-,70-/m1/s1. The van der Waals surface area contributed by atoms with Gasteiger partial charge < -0.3 is 33.8 Å². The molecule has 0 saturated carbocycles. The summed E-state index contributed by atoms with van der Waals surface area (Å²) >= 11 is 0. The number of rotatable bonds is 72. The highest BCUT2D eigenvalue weighted by Gasteiger charge is 2.30. The predicted octanol–water partition coefficient (Wildman–Crippen LogP) is 21.4. The van der Waals surface area contributed by atoms with Crippen molar-refractivity contribution in [3.8, 4) is 0 Å². The molecule has 0 rings (SSSR count). The van der Waals surface area contributed by atoms with Gasteiger partial charge in [0.05, 0.1) is 26.4 Å². The molecule has 552 valence electrons. The van der Waals surface area contributed by atoms with Crippen LogP contribution in [0.15, 0.2) is 0 Å². The fourth-order valence-electron chi connectivity index (χ4n) is 11.2. The van der Waals surface area contributed by atoms with Gasteiger partial charge >= 0.3 is 39.5 Å². The third-order valence-electron chi connectivity index (χ3n) is 17.9. The predicted molar refractivity (Wildman–Crippen MR) is 377 cm³/mol. The lowest BCUT2D eigenvalue weighted by molar-refractivity contribution is -0.161. The Labute approximate surface area is 568 Å². The van der Waals surface area contributed by atoms with Gasteiger partial charge in [0, 0.05) is 25.7 Å². The monoisotopic (exact) mass is 1370 g/mol. The molecular formula is C74H144O17P2. The normalized spacial score (nSPS) is 14.7. The number of unbranched alkanes of at least 4 members (excludes halogenated alkanes) is 38. The Hall–Kier alpha value is -1.94. The zero-order valence-electron chi connectivity index (χ0n) is 60.7. The number of hydrogen-bond donors (Lipinski definition) is 3. The Kier molecular flexibility index (Phi) is 63.4. The Morgan fingerprint density at radius 2 is 0.548 bits per heavy atom. The highest BCUT2D eigenvalue weighted by atomic mass is 31.2. The summed E-state index contributed by atoms with van der Waals surface area (Å²) < 4.78 is 68.4. The summed E-state index contributed by atoms with van der Waals surface area (Å²) in [5.41, 5.74) is 0. The third kappa shape index (κ3) is 65.8. The van der Waals surface area contributed by atoms with E-state index in [4.69, 9.17) is 37.0 Å². The van der Waals surface area contributed by atoms with Crippen LogP contribution < -0.4 is 0 Å². The summed E-state index contributed by atoms with van der Waals surface area (Å²) in [5.74, 6) is 0.0772. The summed E-state index contributed by atoms with van der Waals surface area (Å²) in [5, 5.41) is 10.6. The lowest BCUT2D eigenvalue weighted by Crippen LogP contribution is -2.30. The Morgan fingerprint density at radius 3 is 0.817 bits per heavy atom. The first-order chi connectivity index (χ1) is 44.8. The van der Waals surface area contributed by atoms with Crippen LogP contribution in [0.4, 0.5) is 0 Å². The van der Waals surface area contributed by atoms with E-state index >= 15 is 0 Å². The van der Waals surface area contributed by atoms with Crippen molar-refractivity contribution in [1.29, 1.82) is 0 Å². The number of carbonyl (C=O) groups excluding carboxylic acids is 4. The Balaban J connectivity index is 5.19. The number of phosphoric acid groups is 2. The maximum absolute atomic E-state index is 13.1. The Bertz CT molecular complexity index is 1820. The van der Waals surface area contributed by atoms with E-state index in [1.165, 1.54) is 180 Å². The second-order valence-corrected chi connectivity index (χ2v) is 30.6. The molecule has 0 spiro atoms. The third-order valence-corrected chi connectivity index (χ3v) is 19.8. The van der Waals surface area contributed by atoms with Crippen LogP contribution in [0.2, 0.25) is 0 Å². The number of esters is 4. The minimum absolute atomic E-state index is 0.102. The van der Waals surface area contributed by atoms with Gasteiger partial charge in [-0.15, -0.1) is 0 Å². The largest absolute Gasteiger partial charge is 0.472 e. The molecule has 7 atom stereocenters. The minimum atomic E-state index is -4.96. The SMILES string of the molecule is CCCCCCCCCCCCCCCCCCCCCCCC(=O)O[C@H](COC(=O)CCCCCCCCCCC(C)CC)COP(=O)(O)OC[C@@H](O)COP(=O)(O)OC[C@@H](COC(=O)CCCCCCCCC(C)CC)OC(=O)CCCCCCCCCC(C)C. The second-order valence-electron chi connectivity index (χ2n) is 27.6. The molecule has 0 aliphatic heterocycles. The molecule has 0 radical (unpaired) electrons. The van der Waals surface area contributed by atoms with Crippen LogP contribution in [0.25, 0.3) is 0 Å². The van der Waals surface area contributed by atoms with E-state index in [-0.39, 0.29) is 25.7 Å². The number of hydrogen-bond acceptors (Lipinski definition) is 15. The van der Waals surface area contributed by atoms with Gasteiger partial charge in [-0.05, 0) is 43.4 Å². The van der Waals surface area contributed by atoms with Crippen LogP contribution in [0.5, 0.6) is 0 Å². The van der Waals surface area contributed by atoms with Crippen molar-refractivity contribution >= 4 is 39.5 Å². The van der Waals surface area contributed by atoms with Gasteiger partial charge in [-0.1, -0.05) is 325 Å². The van der Waals surface area contributed by atoms with Gasteiger partial charge in [-0.25, -0.2) is 9.13 Å². The number of phosphoric ester groups is 2. The average Bonchev–Trinajstić information content (AvgIpc) is 2.60. The number of aliphatic hydroxyl groups is 1. The molecule has 3 N–H and O–H groups in total. The first kappa shape index (κ1) is 91.1. The summed E-state index contributed by atoms with van der Waals surface area (Å²) in [6.45, 7) is 11.8. The fourth-order valence-corrected chi connectivity index (χ4v) is 12.8. The van der Waals surface area contributed by atoms with E-state index in [1.54, 1.807) is 0 Å². The van der Waals surface area contributed by atoms with Gasteiger partial charge in [-0.2, -0.15) is 0 Å². The first-order valence-corrected chi connectivity index (χ1v) is 41.4. The number of carbonyl (C=O) groups is 4. The van der Waals surface area contributed by atoms with Crippen molar-refractivity contribution in [1.82, 2.24) is 0 Å². The highest BCUT2D eigenvalue weighted by molar-refractivity contribution is 7.47. The van der Waals surface area contributed by atoms with Crippen molar-refractivity contribution < 1.29 is 80.2 Å². The van der Waals surface area contributed by atoms with Crippen molar-refractivity contribution in [3.05, 3.63) is 0 Å². The van der Waals surface area contributed by atoms with E-state index in [0.717, 1.165) is 108 Å². The molecule has 0 aromatic heterocycles. The van der Waals surface area contributed by atoms with Gasteiger partial charge in [0.15, 0.2) is 12.2 Å². The quantitative estimate of drug-likeness (QED) is 0.0222. The maximum atomic E-state index is 13.1. The molecule has 93 heavy (non-hydrogen) atoms. The zero-order chi connectivity index (χ0) is 68.7. The smallest absolute Gasteiger partial charge is 0.462 e. The first-order valence-electron chi connectivity index (χ1n) is 38.4. The molecular weight excluding hydrogens is 1220 g/mol. The molecule has 19 heteroatoms. The molecule has 0 saturated heterocycles. The molecule has 0 amide bonds. The lowest BCUT2D eigenvalue weighted by Gasteiger charge is -2.21. The van der Waals surface area contributed by atoms with Crippen LogP contribution in [0.3, 0.4) is 0 Å². The van der Waals surface area contributed by atoms with Crippen molar-refractivity contribution in [2.75, 3.05) is 39.6 Å². The summed E-state index contributed by atoms with van der Waals surface area (Å²) in [4.78, 5) is 72.6. The second kappa shape index (κ2) is 64.7. The molecule has 4 unspecified atom stereocenters. The van der Waals surface area contributed by atoms with Gasteiger partial charge in [0.25, 0.3) is 0 Å². The zero-order valence-corrected chi connectivity index (χ0v) is 62.5. The Morgan fingerprint density at radius 1 is 0.312 bits per heavy atom. The number of aliphatic hydroxyl groups excluding tert-OH is 1. The topological polar surface area (TPSA) is 237 Å². The van der Waals surface area contributed by atoms with E-state index < -0.39 is 97.5 Å². The summed E-state index contributed by atoms with van der Waals surface area (Å²) in [6, 6.07) is 0. The molecule has 0 aliphatic carbocycles. The van der Waals surface area contributed by atoms with Crippen LogP contribution in [-0.2, 0) is 65.4 Å². The van der Waals surface area contributed by atoms with E-state index in [2.05, 4.69) is 48.5 Å². The molecule has 17 nitrogen and oxygen atoms in total. The van der Waals surface area contributed by atoms with Gasteiger partial charge in [-0.3, -0.25) is 37.3 Å². The number of ether oxygens (including phenoxy) is 4. The summed E-state index contributed by atoms with van der Waals surface area (Å²) in [6.07, 6.45) is 50.2.